The van der Waals surface area contributed by atoms with Gasteiger partial charge in [0.1, 0.15) is 11.9 Å². The van der Waals surface area contributed by atoms with Crippen molar-refractivity contribution in [3.05, 3.63) is 23.8 Å². The van der Waals surface area contributed by atoms with Crippen LogP contribution in [0.1, 0.15) is 29.9 Å². The number of likely N-dealkylation sites (tertiary alicyclic amines) is 1. The Bertz CT molecular complexity index is 412. The molecule has 0 amide bonds. The lowest BCUT2D eigenvalue weighted by Gasteiger charge is -2.15. The molecular weight excluding hydrogens is 218 g/mol. The summed E-state index contributed by atoms with van der Waals surface area (Å²) < 4.78 is 0. The van der Waals surface area contributed by atoms with E-state index in [1.54, 1.807) is 0 Å². The fourth-order valence-corrected chi connectivity index (χ4v) is 2.25. The lowest BCUT2D eigenvalue weighted by molar-refractivity contribution is 0.0693. The topological polar surface area (TPSA) is 66.3 Å². The summed E-state index contributed by atoms with van der Waals surface area (Å²) in [6.07, 6.45) is 2.78. The molecular formula is C12H17N3O2. The van der Waals surface area contributed by atoms with Crippen LogP contribution in [0.15, 0.2) is 12.5 Å². The van der Waals surface area contributed by atoms with Gasteiger partial charge in [0.15, 0.2) is 0 Å². The zero-order valence-electron chi connectivity index (χ0n) is 10.1. The standard InChI is InChI=1S/C12H17N3O2/c1-8-4-15(5-9(8)2)6-11-10(12(16)17)3-13-7-14-11/h3,7-9H,4-6H2,1-2H3,(H,16,17). The van der Waals surface area contributed by atoms with Crippen LogP contribution in [-0.4, -0.2) is 39.0 Å². The Morgan fingerprint density at radius 1 is 1.47 bits per heavy atom. The first-order valence-electron chi connectivity index (χ1n) is 5.82. The van der Waals surface area contributed by atoms with Crippen molar-refractivity contribution in [3.63, 3.8) is 0 Å². The number of aromatic carboxylic acids is 1. The number of aromatic nitrogens is 2. The van der Waals surface area contributed by atoms with Crippen LogP contribution in [0.3, 0.4) is 0 Å². The van der Waals surface area contributed by atoms with Crippen molar-refractivity contribution in [2.45, 2.75) is 20.4 Å². The van der Waals surface area contributed by atoms with E-state index in [4.69, 9.17) is 5.11 Å². The lowest BCUT2D eigenvalue weighted by Crippen LogP contribution is -2.22. The second kappa shape index (κ2) is 4.79. The van der Waals surface area contributed by atoms with Crippen molar-refractivity contribution >= 4 is 5.97 Å². The van der Waals surface area contributed by atoms with Gasteiger partial charge in [0.25, 0.3) is 0 Å². The Labute approximate surface area is 100 Å². The molecule has 1 saturated heterocycles. The highest BCUT2D eigenvalue weighted by Gasteiger charge is 2.27. The zero-order chi connectivity index (χ0) is 12.4. The molecule has 0 aliphatic carbocycles. The van der Waals surface area contributed by atoms with E-state index in [1.807, 2.05) is 0 Å². The molecule has 2 heterocycles. The number of carboxylic acid groups (broad SMARTS) is 1. The predicted molar refractivity (Wildman–Crippen MR) is 62.6 cm³/mol. The normalized spacial score (nSPS) is 25.1. The van der Waals surface area contributed by atoms with Crippen molar-refractivity contribution in [1.82, 2.24) is 14.9 Å². The second-order valence-electron chi connectivity index (χ2n) is 4.84. The summed E-state index contributed by atoms with van der Waals surface area (Å²) in [7, 11) is 0. The van der Waals surface area contributed by atoms with E-state index < -0.39 is 5.97 Å². The van der Waals surface area contributed by atoms with Gasteiger partial charge >= 0.3 is 5.97 Å². The van der Waals surface area contributed by atoms with Gasteiger partial charge in [0.2, 0.25) is 0 Å². The first kappa shape index (κ1) is 12.0. The first-order chi connectivity index (χ1) is 8.08. The summed E-state index contributed by atoms with van der Waals surface area (Å²) in [5.74, 6) is 0.358. The largest absolute Gasteiger partial charge is 0.478 e. The van der Waals surface area contributed by atoms with Crippen LogP contribution >= 0.6 is 0 Å². The molecule has 1 fully saturated rings. The zero-order valence-corrected chi connectivity index (χ0v) is 10.1. The Balaban J connectivity index is 2.11. The lowest BCUT2D eigenvalue weighted by atomic mass is 10.0. The average Bonchev–Trinajstić information content (AvgIpc) is 2.58. The van der Waals surface area contributed by atoms with Gasteiger partial charge in [-0.25, -0.2) is 14.8 Å². The quantitative estimate of drug-likeness (QED) is 0.854. The van der Waals surface area contributed by atoms with Crippen LogP contribution in [-0.2, 0) is 6.54 Å². The number of carboxylic acids is 1. The van der Waals surface area contributed by atoms with Crippen LogP contribution in [0.25, 0.3) is 0 Å². The molecule has 92 valence electrons. The number of nitrogens with zero attached hydrogens (tertiary/aromatic N) is 3. The van der Waals surface area contributed by atoms with Gasteiger partial charge in [-0.15, -0.1) is 0 Å². The van der Waals surface area contributed by atoms with E-state index in [0.29, 0.717) is 24.1 Å². The Morgan fingerprint density at radius 2 is 2.12 bits per heavy atom. The van der Waals surface area contributed by atoms with Crippen molar-refractivity contribution in [1.29, 1.82) is 0 Å². The van der Waals surface area contributed by atoms with E-state index in [0.717, 1.165) is 13.1 Å². The Morgan fingerprint density at radius 3 is 2.71 bits per heavy atom. The van der Waals surface area contributed by atoms with E-state index in [9.17, 15) is 4.79 Å². The van der Waals surface area contributed by atoms with E-state index in [2.05, 4.69) is 28.7 Å². The van der Waals surface area contributed by atoms with Gasteiger partial charge < -0.3 is 5.11 Å². The van der Waals surface area contributed by atoms with Gasteiger partial charge in [-0.1, -0.05) is 13.8 Å². The van der Waals surface area contributed by atoms with Crippen LogP contribution in [0.2, 0.25) is 0 Å². The molecule has 0 aromatic carbocycles. The van der Waals surface area contributed by atoms with Crippen LogP contribution in [0.4, 0.5) is 0 Å². The smallest absolute Gasteiger partial charge is 0.339 e. The molecule has 17 heavy (non-hydrogen) atoms. The molecule has 0 radical (unpaired) electrons. The maximum atomic E-state index is 11.0. The monoisotopic (exact) mass is 235 g/mol. The highest BCUT2D eigenvalue weighted by atomic mass is 16.4. The third-order valence-corrected chi connectivity index (χ3v) is 3.46. The fraction of sp³-hybridized carbons (Fsp3) is 0.583. The average molecular weight is 235 g/mol. The summed E-state index contributed by atoms with van der Waals surface area (Å²) in [5.41, 5.74) is 0.813. The molecule has 1 aliphatic rings. The summed E-state index contributed by atoms with van der Waals surface area (Å²) >= 11 is 0. The predicted octanol–water partition coefficient (Wildman–Crippen LogP) is 1.26. The summed E-state index contributed by atoms with van der Waals surface area (Å²) in [5, 5.41) is 9.05. The SMILES string of the molecule is CC1CN(Cc2ncncc2C(=O)O)CC1C. The maximum absolute atomic E-state index is 11.0. The fourth-order valence-electron chi connectivity index (χ4n) is 2.25. The minimum Gasteiger partial charge on any atom is -0.478 e. The molecule has 0 saturated carbocycles. The molecule has 2 unspecified atom stereocenters. The Kier molecular flexibility index (Phi) is 3.38. The van der Waals surface area contributed by atoms with Crippen LogP contribution < -0.4 is 0 Å². The van der Waals surface area contributed by atoms with Crippen molar-refractivity contribution in [2.75, 3.05) is 13.1 Å². The van der Waals surface area contributed by atoms with Crippen LogP contribution in [0, 0.1) is 11.8 Å². The van der Waals surface area contributed by atoms with Crippen molar-refractivity contribution in [3.8, 4) is 0 Å². The molecule has 0 bridgehead atoms. The second-order valence-corrected chi connectivity index (χ2v) is 4.84. The molecule has 1 N–H and O–H groups in total. The number of hydrogen-bond donors (Lipinski definition) is 1. The van der Waals surface area contributed by atoms with Gasteiger partial charge in [-0.2, -0.15) is 0 Å². The number of carbonyl (C=O) groups is 1. The van der Waals surface area contributed by atoms with Crippen molar-refractivity contribution < 1.29 is 9.90 Å². The number of rotatable bonds is 3. The Hall–Kier alpha value is -1.49. The van der Waals surface area contributed by atoms with E-state index >= 15 is 0 Å². The molecule has 5 heteroatoms. The summed E-state index contributed by atoms with van der Waals surface area (Å²) in [4.78, 5) is 21.1. The third kappa shape index (κ3) is 2.61. The minimum atomic E-state index is -0.958. The van der Waals surface area contributed by atoms with E-state index in [1.165, 1.54) is 12.5 Å². The van der Waals surface area contributed by atoms with Crippen LogP contribution in [0.5, 0.6) is 0 Å². The minimum absolute atomic E-state index is 0.208. The summed E-state index contributed by atoms with van der Waals surface area (Å²) in [6, 6.07) is 0. The van der Waals surface area contributed by atoms with Gasteiger partial charge in [0, 0.05) is 25.8 Å². The molecule has 1 aliphatic heterocycles. The van der Waals surface area contributed by atoms with Gasteiger partial charge in [-0.3, -0.25) is 4.90 Å². The molecule has 2 atom stereocenters. The molecule has 2 rings (SSSR count). The highest BCUT2D eigenvalue weighted by Crippen LogP contribution is 2.23. The van der Waals surface area contributed by atoms with E-state index in [-0.39, 0.29) is 5.56 Å². The third-order valence-electron chi connectivity index (χ3n) is 3.46. The molecule has 0 spiro atoms. The summed E-state index contributed by atoms with van der Waals surface area (Å²) in [6.45, 7) is 7.05. The van der Waals surface area contributed by atoms with Gasteiger partial charge in [-0.05, 0) is 11.8 Å². The highest BCUT2D eigenvalue weighted by molar-refractivity contribution is 5.88. The maximum Gasteiger partial charge on any atom is 0.339 e. The molecule has 1 aromatic rings. The van der Waals surface area contributed by atoms with Crippen molar-refractivity contribution in [2.24, 2.45) is 11.8 Å². The first-order valence-corrected chi connectivity index (χ1v) is 5.82. The van der Waals surface area contributed by atoms with Gasteiger partial charge in [0.05, 0.1) is 5.69 Å². The molecule has 1 aromatic heterocycles. The molecule has 5 nitrogen and oxygen atoms in total. The number of hydrogen-bond acceptors (Lipinski definition) is 4.